The molecule has 0 amide bonds. The van der Waals surface area contributed by atoms with Crippen LogP contribution >= 0.6 is 0 Å². The number of carboxylic acid groups (broad SMARTS) is 1. The summed E-state index contributed by atoms with van der Waals surface area (Å²) in [6.07, 6.45) is -2.74. The van der Waals surface area contributed by atoms with Gasteiger partial charge in [0.1, 0.15) is 34.6 Å². The van der Waals surface area contributed by atoms with Crippen molar-refractivity contribution in [2.75, 3.05) is 0 Å². The Hall–Kier alpha value is -3.75. The van der Waals surface area contributed by atoms with E-state index >= 15 is 0 Å². The fourth-order valence-electron chi connectivity index (χ4n) is 3.03. The van der Waals surface area contributed by atoms with Gasteiger partial charge in [0.15, 0.2) is 5.78 Å². The number of rotatable bonds is 9. The van der Waals surface area contributed by atoms with Crippen molar-refractivity contribution in [3.05, 3.63) is 29.3 Å². The van der Waals surface area contributed by atoms with E-state index in [1.165, 1.54) is 12.1 Å². The minimum Gasteiger partial charge on any atom is -0.550 e. The van der Waals surface area contributed by atoms with Crippen LogP contribution in [-0.2, 0) is 25.6 Å². The molecular formula is C20H17O9-. The largest absolute Gasteiger partial charge is 0.550 e. The van der Waals surface area contributed by atoms with Gasteiger partial charge in [-0.3, -0.25) is 19.2 Å². The first-order chi connectivity index (χ1) is 13.5. The van der Waals surface area contributed by atoms with E-state index in [9.17, 15) is 44.4 Å². The molecule has 0 bridgehead atoms. The van der Waals surface area contributed by atoms with Gasteiger partial charge in [0, 0.05) is 24.9 Å². The molecule has 0 fully saturated rings. The van der Waals surface area contributed by atoms with Crippen molar-refractivity contribution in [1.29, 1.82) is 0 Å². The molecule has 3 N–H and O–H groups in total. The Morgan fingerprint density at radius 2 is 1.55 bits per heavy atom. The molecule has 0 spiro atoms. The fourth-order valence-corrected chi connectivity index (χ4v) is 3.03. The third-order valence-corrected chi connectivity index (χ3v) is 4.07. The monoisotopic (exact) mass is 401 g/mol. The molecule has 0 saturated heterocycles. The van der Waals surface area contributed by atoms with Crippen LogP contribution in [0.4, 0.5) is 0 Å². The highest BCUT2D eigenvalue weighted by atomic mass is 16.4. The number of aliphatic carboxylic acids is 1. The number of hydrogen-bond donors (Lipinski definition) is 3. The number of benzene rings is 2. The highest BCUT2D eigenvalue weighted by molar-refractivity contribution is 6.14. The van der Waals surface area contributed by atoms with Crippen LogP contribution in [0, 0.1) is 0 Å². The van der Waals surface area contributed by atoms with E-state index in [1.807, 2.05) is 0 Å². The lowest BCUT2D eigenvalue weighted by molar-refractivity contribution is -0.304. The van der Waals surface area contributed by atoms with Crippen molar-refractivity contribution < 1.29 is 44.4 Å². The predicted octanol–water partition coefficient (Wildman–Crippen LogP) is 0.329. The van der Waals surface area contributed by atoms with Crippen LogP contribution in [-0.4, -0.2) is 44.4 Å². The maximum Gasteiger partial charge on any atom is 0.174 e. The number of carboxylic acids is 1. The molecule has 2 rings (SSSR count). The Kier molecular flexibility index (Phi) is 6.32. The van der Waals surface area contributed by atoms with Crippen LogP contribution < -0.4 is 5.11 Å². The molecule has 0 aliphatic rings. The van der Waals surface area contributed by atoms with Gasteiger partial charge in [0.05, 0.1) is 23.8 Å². The van der Waals surface area contributed by atoms with E-state index in [0.717, 1.165) is 13.0 Å². The number of fused-ring (bicyclic) bond motifs is 1. The SMILES string of the molecule is CC(=O)CC(=O)c1c(CC(=O)CC(=O)CC(=O)[O-])cc2cc(O)cc(O)c2c1O. The van der Waals surface area contributed by atoms with Crippen LogP contribution in [0.15, 0.2) is 18.2 Å². The van der Waals surface area contributed by atoms with Gasteiger partial charge in [-0.05, 0) is 30.0 Å². The van der Waals surface area contributed by atoms with Gasteiger partial charge in [-0.15, -0.1) is 0 Å². The Bertz CT molecular complexity index is 1050. The van der Waals surface area contributed by atoms with Gasteiger partial charge in [-0.25, -0.2) is 0 Å². The number of Topliss-reactive ketones (excluding diaryl/α,β-unsaturated/α-hetero) is 4. The summed E-state index contributed by atoms with van der Waals surface area (Å²) in [5.74, 6) is -6.05. The van der Waals surface area contributed by atoms with E-state index in [-0.39, 0.29) is 27.6 Å². The number of hydrogen-bond acceptors (Lipinski definition) is 9. The third kappa shape index (κ3) is 5.16. The molecule has 0 radical (unpaired) electrons. The third-order valence-electron chi connectivity index (χ3n) is 4.07. The Morgan fingerprint density at radius 1 is 0.897 bits per heavy atom. The van der Waals surface area contributed by atoms with Crippen LogP contribution in [0.2, 0.25) is 0 Å². The lowest BCUT2D eigenvalue weighted by Crippen LogP contribution is -2.26. The van der Waals surface area contributed by atoms with E-state index in [4.69, 9.17) is 0 Å². The van der Waals surface area contributed by atoms with Gasteiger partial charge in [-0.2, -0.15) is 0 Å². The number of carbonyl (C=O) groups excluding carboxylic acids is 5. The van der Waals surface area contributed by atoms with E-state index in [1.54, 1.807) is 0 Å². The standard InChI is InChI=1S/C20H18O9/c1-9(21)2-15(25)18-10(4-12(22)6-14(24)8-17(27)28)3-11-5-13(23)7-16(26)19(11)20(18)29/h3,5,7,23,26,29H,2,4,6,8H2,1H3,(H,27,28)/p-1. The van der Waals surface area contributed by atoms with Crippen molar-refractivity contribution in [2.45, 2.75) is 32.6 Å². The first kappa shape index (κ1) is 21.5. The summed E-state index contributed by atoms with van der Waals surface area (Å²) in [6, 6.07) is 3.40. The van der Waals surface area contributed by atoms with Gasteiger partial charge >= 0.3 is 0 Å². The number of aromatic hydroxyl groups is 3. The first-order valence-corrected chi connectivity index (χ1v) is 8.46. The summed E-state index contributed by atoms with van der Waals surface area (Å²) >= 11 is 0. The summed E-state index contributed by atoms with van der Waals surface area (Å²) in [5, 5.41) is 40.6. The smallest absolute Gasteiger partial charge is 0.174 e. The molecule has 0 aliphatic carbocycles. The van der Waals surface area contributed by atoms with Crippen LogP contribution in [0.5, 0.6) is 17.2 Å². The highest BCUT2D eigenvalue weighted by Crippen LogP contribution is 2.40. The number of carbonyl (C=O) groups is 5. The molecule has 2 aromatic carbocycles. The Labute approximate surface area is 164 Å². The zero-order valence-corrected chi connectivity index (χ0v) is 15.4. The second kappa shape index (κ2) is 8.51. The topological polar surface area (TPSA) is 169 Å². The van der Waals surface area contributed by atoms with Crippen LogP contribution in [0.1, 0.15) is 42.1 Å². The molecule has 0 aliphatic heterocycles. The molecular weight excluding hydrogens is 384 g/mol. The number of phenolic OH excluding ortho intramolecular Hbond substituents is 3. The van der Waals surface area contributed by atoms with Gasteiger partial charge in [-0.1, -0.05) is 0 Å². The van der Waals surface area contributed by atoms with E-state index in [2.05, 4.69) is 0 Å². The molecule has 0 saturated carbocycles. The average molecular weight is 401 g/mol. The Morgan fingerprint density at radius 3 is 2.14 bits per heavy atom. The lowest BCUT2D eigenvalue weighted by Gasteiger charge is -2.14. The predicted molar refractivity (Wildman–Crippen MR) is 96.5 cm³/mol. The summed E-state index contributed by atoms with van der Waals surface area (Å²) in [7, 11) is 0. The highest BCUT2D eigenvalue weighted by Gasteiger charge is 2.24. The van der Waals surface area contributed by atoms with Gasteiger partial charge < -0.3 is 25.2 Å². The minimum absolute atomic E-state index is 0.0301. The molecule has 0 aromatic heterocycles. The van der Waals surface area contributed by atoms with Crippen molar-refractivity contribution in [3.8, 4) is 17.2 Å². The minimum atomic E-state index is -1.63. The fraction of sp³-hybridized carbons (Fsp3) is 0.250. The van der Waals surface area contributed by atoms with Crippen molar-refractivity contribution in [1.82, 2.24) is 0 Å². The number of phenols is 3. The van der Waals surface area contributed by atoms with Gasteiger partial charge in [0.2, 0.25) is 0 Å². The quantitative estimate of drug-likeness (QED) is 0.396. The Balaban J connectivity index is 2.54. The normalized spacial score (nSPS) is 10.7. The maximum atomic E-state index is 12.5. The van der Waals surface area contributed by atoms with Crippen LogP contribution in [0.25, 0.3) is 10.8 Å². The van der Waals surface area contributed by atoms with Crippen molar-refractivity contribution >= 4 is 39.9 Å². The number of ketones is 4. The molecule has 29 heavy (non-hydrogen) atoms. The second-order valence-electron chi connectivity index (χ2n) is 6.60. The van der Waals surface area contributed by atoms with E-state index < -0.39 is 66.3 Å². The van der Waals surface area contributed by atoms with Crippen molar-refractivity contribution in [2.24, 2.45) is 0 Å². The van der Waals surface area contributed by atoms with Gasteiger partial charge in [0.25, 0.3) is 0 Å². The average Bonchev–Trinajstić information content (AvgIpc) is 2.51. The summed E-state index contributed by atoms with van der Waals surface area (Å²) < 4.78 is 0. The molecule has 0 heterocycles. The summed E-state index contributed by atoms with van der Waals surface area (Å²) in [4.78, 5) is 58.0. The molecule has 2 aromatic rings. The molecule has 0 unspecified atom stereocenters. The molecule has 9 nitrogen and oxygen atoms in total. The maximum absolute atomic E-state index is 12.5. The molecule has 0 atom stereocenters. The van der Waals surface area contributed by atoms with Crippen molar-refractivity contribution in [3.63, 3.8) is 0 Å². The molecule has 152 valence electrons. The summed E-state index contributed by atoms with van der Waals surface area (Å²) in [5.41, 5.74) is -0.396. The zero-order chi connectivity index (χ0) is 21.9. The van der Waals surface area contributed by atoms with Crippen LogP contribution in [0.3, 0.4) is 0 Å². The summed E-state index contributed by atoms with van der Waals surface area (Å²) in [6.45, 7) is 1.16. The van der Waals surface area contributed by atoms with E-state index in [0.29, 0.717) is 0 Å². The molecule has 9 heteroatoms. The first-order valence-electron chi connectivity index (χ1n) is 8.46. The zero-order valence-electron chi connectivity index (χ0n) is 15.4. The second-order valence-corrected chi connectivity index (χ2v) is 6.60. The lowest BCUT2D eigenvalue weighted by atomic mass is 9.91.